The van der Waals surface area contributed by atoms with E-state index in [1.54, 1.807) is 12.1 Å². The first-order chi connectivity index (χ1) is 12.0. The van der Waals surface area contributed by atoms with E-state index in [0.29, 0.717) is 24.0 Å². The second-order valence-corrected chi connectivity index (χ2v) is 8.37. The summed E-state index contributed by atoms with van der Waals surface area (Å²) in [5.41, 5.74) is 2.08. The van der Waals surface area contributed by atoms with Crippen molar-refractivity contribution in [2.75, 3.05) is 13.2 Å². The van der Waals surface area contributed by atoms with Gasteiger partial charge in [0.2, 0.25) is 10.0 Å². The lowest BCUT2D eigenvalue weighted by Crippen LogP contribution is -2.31. The van der Waals surface area contributed by atoms with E-state index in [-0.39, 0.29) is 10.9 Å². The van der Waals surface area contributed by atoms with E-state index in [1.807, 2.05) is 12.1 Å². The molecule has 1 aliphatic carbocycles. The van der Waals surface area contributed by atoms with Gasteiger partial charge in [-0.1, -0.05) is 11.6 Å². The van der Waals surface area contributed by atoms with Crippen molar-refractivity contribution in [1.82, 2.24) is 4.72 Å². The molecule has 1 heterocycles. The monoisotopic (exact) mass is 379 g/mol. The Bertz CT molecular complexity index is 896. The molecule has 2 aromatic rings. The van der Waals surface area contributed by atoms with Crippen molar-refractivity contribution < 1.29 is 17.9 Å². The van der Waals surface area contributed by atoms with Gasteiger partial charge in [0.1, 0.15) is 13.2 Å². The molecule has 7 heteroatoms. The second-order valence-electron chi connectivity index (χ2n) is 6.21. The molecule has 0 bridgehead atoms. The topological polar surface area (TPSA) is 64.6 Å². The van der Waals surface area contributed by atoms with Gasteiger partial charge in [-0.3, -0.25) is 0 Å². The predicted octanol–water partition coefficient (Wildman–Crippen LogP) is 3.47. The molecule has 4 rings (SSSR count). The number of nitrogens with one attached hydrogen (secondary N) is 1. The molecule has 0 radical (unpaired) electrons. The van der Waals surface area contributed by atoms with Crippen molar-refractivity contribution >= 4 is 21.6 Å². The van der Waals surface area contributed by atoms with Crippen molar-refractivity contribution in [3.8, 4) is 11.5 Å². The summed E-state index contributed by atoms with van der Waals surface area (Å²) >= 11 is 5.85. The lowest BCUT2D eigenvalue weighted by molar-refractivity contribution is 0.171. The van der Waals surface area contributed by atoms with Gasteiger partial charge >= 0.3 is 0 Å². The summed E-state index contributed by atoms with van der Waals surface area (Å²) in [6, 6.07) is 9.79. The standard InChI is InChI=1S/C18H18ClNO4S/c19-13-4-6-14(7-5-13)25(21,22)20-16-3-1-2-12-10-17-18(11-15(12)16)24-9-8-23-17/h4-7,10-11,16,20H,1-3,8-9H2. The van der Waals surface area contributed by atoms with Gasteiger partial charge in [0.05, 0.1) is 4.90 Å². The summed E-state index contributed by atoms with van der Waals surface area (Å²) in [4.78, 5) is 0.210. The Hall–Kier alpha value is -1.76. The first-order valence-corrected chi connectivity index (χ1v) is 10.1. The minimum atomic E-state index is -3.62. The van der Waals surface area contributed by atoms with Crippen molar-refractivity contribution in [2.45, 2.75) is 30.2 Å². The molecule has 2 aliphatic rings. The first kappa shape index (κ1) is 16.7. The van der Waals surface area contributed by atoms with E-state index in [2.05, 4.69) is 4.72 Å². The quantitative estimate of drug-likeness (QED) is 0.886. The lowest BCUT2D eigenvalue weighted by Gasteiger charge is -2.29. The van der Waals surface area contributed by atoms with E-state index >= 15 is 0 Å². The fourth-order valence-electron chi connectivity index (χ4n) is 3.33. The van der Waals surface area contributed by atoms with Crippen LogP contribution in [0.2, 0.25) is 5.02 Å². The second kappa shape index (κ2) is 6.52. The molecule has 1 aliphatic heterocycles. The van der Waals surface area contributed by atoms with Gasteiger partial charge in [-0.05, 0) is 66.8 Å². The normalized spacial score (nSPS) is 19.3. The van der Waals surface area contributed by atoms with Gasteiger partial charge in [-0.2, -0.15) is 0 Å². The zero-order chi connectivity index (χ0) is 17.4. The Morgan fingerprint density at radius 3 is 2.44 bits per heavy atom. The number of benzene rings is 2. The molecule has 132 valence electrons. The lowest BCUT2D eigenvalue weighted by atomic mass is 9.88. The van der Waals surface area contributed by atoms with Crippen LogP contribution in [0.3, 0.4) is 0 Å². The van der Waals surface area contributed by atoms with Gasteiger partial charge in [0, 0.05) is 11.1 Å². The summed E-state index contributed by atoms with van der Waals surface area (Å²) in [6.07, 6.45) is 2.57. The summed E-state index contributed by atoms with van der Waals surface area (Å²) in [7, 11) is -3.62. The maximum absolute atomic E-state index is 12.7. The Kier molecular flexibility index (Phi) is 4.35. The Morgan fingerprint density at radius 1 is 1.04 bits per heavy atom. The Balaban J connectivity index is 1.65. The van der Waals surface area contributed by atoms with Crippen LogP contribution in [0.1, 0.15) is 30.0 Å². The highest BCUT2D eigenvalue weighted by Crippen LogP contribution is 2.40. The van der Waals surface area contributed by atoms with Gasteiger partial charge in [-0.25, -0.2) is 13.1 Å². The van der Waals surface area contributed by atoms with Crippen LogP contribution in [0.25, 0.3) is 0 Å². The third-order valence-corrected chi connectivity index (χ3v) is 6.28. The van der Waals surface area contributed by atoms with Gasteiger partial charge in [0.15, 0.2) is 11.5 Å². The van der Waals surface area contributed by atoms with E-state index in [4.69, 9.17) is 21.1 Å². The molecule has 0 fully saturated rings. The van der Waals surface area contributed by atoms with Crippen LogP contribution in [-0.2, 0) is 16.4 Å². The summed E-state index contributed by atoms with van der Waals surface area (Å²) in [6.45, 7) is 1.05. The van der Waals surface area contributed by atoms with Gasteiger partial charge in [-0.15, -0.1) is 0 Å². The molecular formula is C18H18ClNO4S. The molecule has 0 saturated heterocycles. The molecule has 25 heavy (non-hydrogen) atoms. The number of rotatable bonds is 3. The summed E-state index contributed by atoms with van der Waals surface area (Å²) in [5, 5.41) is 0.505. The maximum Gasteiger partial charge on any atom is 0.241 e. The van der Waals surface area contributed by atoms with Crippen LogP contribution in [0.15, 0.2) is 41.3 Å². The molecule has 0 saturated carbocycles. The molecule has 1 N–H and O–H groups in total. The molecule has 1 unspecified atom stereocenters. The summed E-state index contributed by atoms with van der Waals surface area (Å²) in [5.74, 6) is 1.42. The Morgan fingerprint density at radius 2 is 1.72 bits per heavy atom. The zero-order valence-corrected chi connectivity index (χ0v) is 15.1. The number of fused-ring (bicyclic) bond motifs is 2. The minimum absolute atomic E-state index is 0.210. The highest BCUT2D eigenvalue weighted by molar-refractivity contribution is 7.89. The molecule has 0 amide bonds. The predicted molar refractivity (Wildman–Crippen MR) is 94.9 cm³/mol. The largest absolute Gasteiger partial charge is 0.486 e. The van der Waals surface area contributed by atoms with Crippen molar-refractivity contribution in [3.63, 3.8) is 0 Å². The molecular weight excluding hydrogens is 362 g/mol. The van der Waals surface area contributed by atoms with Crippen LogP contribution < -0.4 is 14.2 Å². The number of hydrogen-bond donors (Lipinski definition) is 1. The van der Waals surface area contributed by atoms with Crippen molar-refractivity contribution in [3.05, 3.63) is 52.5 Å². The minimum Gasteiger partial charge on any atom is -0.486 e. The molecule has 5 nitrogen and oxygen atoms in total. The average Bonchev–Trinajstić information content (AvgIpc) is 2.60. The number of hydrogen-bond acceptors (Lipinski definition) is 4. The highest BCUT2D eigenvalue weighted by Gasteiger charge is 2.28. The number of aryl methyl sites for hydroxylation is 1. The Labute approximate surface area is 152 Å². The smallest absolute Gasteiger partial charge is 0.241 e. The molecule has 0 spiro atoms. The molecule has 2 aromatic carbocycles. The van der Waals surface area contributed by atoms with Crippen molar-refractivity contribution in [2.24, 2.45) is 0 Å². The zero-order valence-electron chi connectivity index (χ0n) is 13.5. The van der Waals surface area contributed by atoms with E-state index in [9.17, 15) is 8.42 Å². The number of halogens is 1. The summed E-state index contributed by atoms with van der Waals surface area (Å²) < 4.78 is 39.5. The maximum atomic E-state index is 12.7. The van der Waals surface area contributed by atoms with E-state index in [1.165, 1.54) is 12.1 Å². The fraction of sp³-hybridized carbons (Fsp3) is 0.333. The number of sulfonamides is 1. The van der Waals surface area contributed by atoms with Crippen molar-refractivity contribution in [1.29, 1.82) is 0 Å². The van der Waals surface area contributed by atoms with E-state index < -0.39 is 10.0 Å². The van der Waals surface area contributed by atoms with Crippen LogP contribution in [0.5, 0.6) is 11.5 Å². The number of ether oxygens (including phenoxy) is 2. The fourth-order valence-corrected chi connectivity index (χ4v) is 4.71. The molecule has 0 aromatic heterocycles. The first-order valence-electron chi connectivity index (χ1n) is 8.23. The third kappa shape index (κ3) is 3.34. The average molecular weight is 380 g/mol. The third-order valence-electron chi connectivity index (χ3n) is 4.54. The SMILES string of the molecule is O=S(=O)(NC1CCCc2cc3c(cc21)OCCO3)c1ccc(Cl)cc1. The molecule has 1 atom stereocenters. The van der Waals surface area contributed by atoms with Crippen LogP contribution in [-0.4, -0.2) is 21.6 Å². The van der Waals surface area contributed by atoms with Gasteiger partial charge < -0.3 is 9.47 Å². The van der Waals surface area contributed by atoms with Gasteiger partial charge in [0.25, 0.3) is 0 Å². The van der Waals surface area contributed by atoms with E-state index in [0.717, 1.165) is 36.1 Å². The van der Waals surface area contributed by atoms with Crippen LogP contribution >= 0.6 is 11.6 Å². The highest BCUT2D eigenvalue weighted by atomic mass is 35.5. The van der Waals surface area contributed by atoms with Crippen LogP contribution in [0, 0.1) is 0 Å². The van der Waals surface area contributed by atoms with Crippen LogP contribution in [0.4, 0.5) is 0 Å².